The quantitative estimate of drug-likeness (QED) is 0.336. The molecule has 0 saturated heterocycles. The summed E-state index contributed by atoms with van der Waals surface area (Å²) in [4.78, 5) is 15.4. The summed E-state index contributed by atoms with van der Waals surface area (Å²) in [6, 6.07) is 0. The molecular weight excluding hydrogens is 464 g/mol. The van der Waals surface area contributed by atoms with Gasteiger partial charge in [-0.1, -0.05) is 0 Å². The second-order valence-corrected chi connectivity index (χ2v) is 38.4. The van der Waals surface area contributed by atoms with E-state index in [1.54, 1.807) is 10.9 Å². The summed E-state index contributed by atoms with van der Waals surface area (Å²) in [5.41, 5.74) is 3.60. The van der Waals surface area contributed by atoms with Gasteiger partial charge in [-0.25, -0.2) is 0 Å². The van der Waals surface area contributed by atoms with Crippen LogP contribution < -0.4 is 0 Å². The van der Waals surface area contributed by atoms with E-state index in [1.165, 1.54) is 19.2 Å². The van der Waals surface area contributed by atoms with Crippen LogP contribution in [0, 0.1) is 0 Å². The van der Waals surface area contributed by atoms with Crippen LogP contribution in [0.15, 0.2) is 18.1 Å². The number of allylic oxidation sites excluding steroid dienone is 4. The summed E-state index contributed by atoms with van der Waals surface area (Å²) >= 11 is -3.89. The second-order valence-electron chi connectivity index (χ2n) is 8.47. The number of rotatable bonds is 7. The second kappa shape index (κ2) is 8.84. The van der Waals surface area contributed by atoms with Crippen LogP contribution in [0.1, 0.15) is 47.5 Å². The van der Waals surface area contributed by atoms with Gasteiger partial charge in [-0.15, -0.1) is 0 Å². The van der Waals surface area contributed by atoms with Gasteiger partial charge in [-0.3, -0.25) is 0 Å². The van der Waals surface area contributed by atoms with Gasteiger partial charge in [0, 0.05) is 0 Å². The van der Waals surface area contributed by atoms with Crippen molar-refractivity contribution in [3.63, 3.8) is 0 Å². The van der Waals surface area contributed by atoms with Gasteiger partial charge in [-0.2, -0.15) is 0 Å². The molecule has 0 aliphatic heterocycles. The molecule has 21 heavy (non-hydrogen) atoms. The van der Waals surface area contributed by atoms with Crippen LogP contribution in [0.25, 0.3) is 0 Å². The van der Waals surface area contributed by atoms with E-state index in [0.29, 0.717) is 0 Å². The van der Waals surface area contributed by atoms with E-state index in [1.807, 2.05) is 7.18 Å². The number of hydrogen-bond acceptors (Lipinski definition) is 0. The van der Waals surface area contributed by atoms with Crippen LogP contribution in [0.2, 0.25) is 36.0 Å². The molecule has 0 aromatic heterocycles. The third-order valence-electron chi connectivity index (χ3n) is 5.22. The molecule has 3 heteroatoms. The fourth-order valence-electron chi connectivity index (χ4n) is 3.21. The van der Waals surface area contributed by atoms with Gasteiger partial charge >= 0.3 is 145 Å². The van der Waals surface area contributed by atoms with E-state index in [-0.39, 0.29) is 0 Å². The third kappa shape index (κ3) is 6.27. The first-order chi connectivity index (χ1) is 9.41. The maximum absolute atomic E-state index is 2.57. The molecular formula is C18H39BSn2. The number of hydrogen-bond donors (Lipinski definition) is 0. The van der Waals surface area contributed by atoms with Crippen molar-refractivity contribution in [2.45, 2.75) is 83.4 Å². The molecule has 0 aromatic rings. The Morgan fingerprint density at radius 3 is 1.10 bits per heavy atom. The van der Waals surface area contributed by atoms with Crippen molar-refractivity contribution in [1.82, 2.24) is 0 Å². The van der Waals surface area contributed by atoms with E-state index in [0.717, 1.165) is 6.71 Å². The van der Waals surface area contributed by atoms with Crippen molar-refractivity contribution in [1.29, 1.82) is 0 Å². The molecule has 0 bridgehead atoms. The monoisotopic (exact) mass is 506 g/mol. The molecule has 0 aliphatic rings. The van der Waals surface area contributed by atoms with E-state index in [9.17, 15) is 0 Å². The summed E-state index contributed by atoms with van der Waals surface area (Å²) < 4.78 is 3.64. The zero-order valence-electron chi connectivity index (χ0n) is 16.7. The Kier molecular flexibility index (Phi) is 9.33. The molecule has 0 rings (SSSR count). The van der Waals surface area contributed by atoms with Crippen LogP contribution >= 0.6 is 0 Å². The van der Waals surface area contributed by atoms with E-state index >= 15 is 0 Å². The average molecular weight is 504 g/mol. The zero-order chi connectivity index (χ0) is 17.0. The summed E-state index contributed by atoms with van der Waals surface area (Å²) in [7, 11) is 0. The maximum atomic E-state index is 2.57. The molecule has 0 aliphatic carbocycles. The van der Waals surface area contributed by atoms with Gasteiger partial charge in [0.05, 0.1) is 0 Å². The zero-order valence-corrected chi connectivity index (χ0v) is 22.4. The van der Waals surface area contributed by atoms with Crippen LogP contribution in [-0.2, 0) is 0 Å². The van der Waals surface area contributed by atoms with Crippen molar-refractivity contribution < 1.29 is 0 Å². The summed E-state index contributed by atoms with van der Waals surface area (Å²) in [6.07, 6.45) is 3.77. The Morgan fingerprint density at radius 2 is 0.952 bits per heavy atom. The van der Waals surface area contributed by atoms with Crippen LogP contribution in [-0.4, -0.2) is 43.5 Å². The molecule has 122 valence electrons. The van der Waals surface area contributed by atoms with Gasteiger partial charge in [0.1, 0.15) is 0 Å². The van der Waals surface area contributed by atoms with Crippen molar-refractivity contribution >= 4 is 43.5 Å². The third-order valence-corrected chi connectivity index (χ3v) is 19.9. The fourth-order valence-corrected chi connectivity index (χ4v) is 10.7. The molecule has 0 amide bonds. The molecule has 0 atom stereocenters. The molecule has 0 unspecified atom stereocenters. The first kappa shape index (κ1) is 22.1. The SMILES string of the molecule is CCB(C(CC)=[C](C)[Sn]([CH3])([CH3])[CH3])C(CC)=[C](C)[Sn]([CH3])([CH3])[CH3]. The van der Waals surface area contributed by atoms with Gasteiger partial charge in [-0.05, 0) is 0 Å². The fraction of sp³-hybridized carbons (Fsp3) is 0.778. The minimum absolute atomic E-state index is 0.729. The van der Waals surface area contributed by atoms with Gasteiger partial charge in [0.2, 0.25) is 0 Å². The molecule has 0 saturated carbocycles. The van der Waals surface area contributed by atoms with Crippen LogP contribution in [0.3, 0.4) is 0 Å². The van der Waals surface area contributed by atoms with Gasteiger partial charge < -0.3 is 0 Å². The summed E-state index contributed by atoms with van der Waals surface area (Å²) in [6.45, 7) is 12.8. The predicted molar refractivity (Wildman–Crippen MR) is 109 cm³/mol. The first-order valence-corrected chi connectivity index (χ1v) is 28.8. The molecule has 0 fully saturated rings. The summed E-state index contributed by atoms with van der Waals surface area (Å²) in [5.74, 6) is 0. The minimum atomic E-state index is -1.95. The Labute approximate surface area is 144 Å². The standard InChI is InChI=1S/C12H21B.6CH3.2Sn/c1-6-11(7-2)13(10-5)12(8-3)9-4;;;;;;;;/h6,8,10H2,1-5H3;6*1H3;;. The topological polar surface area (TPSA) is 0 Å². The van der Waals surface area contributed by atoms with Gasteiger partial charge in [0.25, 0.3) is 0 Å². The normalized spacial score (nSPS) is 15.6. The summed E-state index contributed by atoms with van der Waals surface area (Å²) in [5, 5.41) is 0. The molecule has 0 nitrogen and oxygen atoms in total. The molecule has 0 N–H and O–H groups in total. The Balaban J connectivity index is 6.11. The average Bonchev–Trinajstić information content (AvgIpc) is 2.35. The molecule has 0 heterocycles. The van der Waals surface area contributed by atoms with Crippen molar-refractivity contribution in [3.8, 4) is 0 Å². The molecule has 0 aromatic carbocycles. The van der Waals surface area contributed by atoms with Crippen molar-refractivity contribution in [2.24, 2.45) is 0 Å². The van der Waals surface area contributed by atoms with Crippen molar-refractivity contribution in [2.75, 3.05) is 0 Å². The van der Waals surface area contributed by atoms with Crippen LogP contribution in [0.5, 0.6) is 0 Å². The van der Waals surface area contributed by atoms with E-state index in [4.69, 9.17) is 0 Å². The van der Waals surface area contributed by atoms with E-state index in [2.05, 4.69) is 64.3 Å². The first-order valence-electron chi connectivity index (χ1n) is 8.81. The molecule has 0 spiro atoms. The Hall–Kier alpha value is 1.14. The van der Waals surface area contributed by atoms with Crippen molar-refractivity contribution in [3.05, 3.63) is 18.1 Å². The van der Waals surface area contributed by atoms with E-state index < -0.39 is 36.8 Å². The predicted octanol–water partition coefficient (Wildman–Crippen LogP) is 6.79. The Morgan fingerprint density at radius 1 is 0.667 bits per heavy atom. The van der Waals surface area contributed by atoms with Gasteiger partial charge in [0.15, 0.2) is 0 Å². The van der Waals surface area contributed by atoms with Crippen LogP contribution in [0.4, 0.5) is 0 Å². The molecule has 0 radical (unpaired) electrons. The Bertz CT molecular complexity index is 368.